The van der Waals surface area contributed by atoms with Gasteiger partial charge in [0.15, 0.2) is 0 Å². The summed E-state index contributed by atoms with van der Waals surface area (Å²) in [5.74, 6) is 0.795. The lowest BCUT2D eigenvalue weighted by Crippen LogP contribution is -2.13. The Morgan fingerprint density at radius 1 is 1.57 bits per heavy atom. The Kier molecular flexibility index (Phi) is 4.07. The molecule has 0 saturated carbocycles. The lowest BCUT2D eigenvalue weighted by atomic mass is 10.3. The van der Waals surface area contributed by atoms with E-state index in [1.807, 2.05) is 18.4 Å². The lowest BCUT2D eigenvalue weighted by molar-refractivity contribution is 0.608. The average molecular weight is 236 g/mol. The van der Waals surface area contributed by atoms with Crippen LogP contribution in [0.3, 0.4) is 0 Å². The van der Waals surface area contributed by atoms with Crippen molar-refractivity contribution < 1.29 is 4.21 Å². The molecule has 1 heterocycles. The van der Waals surface area contributed by atoms with Gasteiger partial charge in [0.25, 0.3) is 0 Å². The minimum atomic E-state index is -0.782. The van der Waals surface area contributed by atoms with Crippen LogP contribution in [0.2, 0.25) is 5.28 Å². The summed E-state index contributed by atoms with van der Waals surface area (Å²) in [5.41, 5.74) is 0. The summed E-state index contributed by atoms with van der Waals surface area (Å²) in [5, 5.41) is 8.16. The van der Waals surface area contributed by atoms with E-state index < -0.39 is 10.8 Å². The number of aromatic nitrogens is 3. The molecular formula is C8H14ClN3OS. The molecule has 1 rings (SSSR count). The van der Waals surface area contributed by atoms with Crippen molar-refractivity contribution in [1.82, 2.24) is 14.8 Å². The highest BCUT2D eigenvalue weighted by molar-refractivity contribution is 7.84. The number of aryl methyl sites for hydroxylation is 1. The Morgan fingerprint density at radius 2 is 2.21 bits per heavy atom. The van der Waals surface area contributed by atoms with Crippen molar-refractivity contribution >= 4 is 22.4 Å². The number of hydrogen-bond acceptors (Lipinski definition) is 3. The van der Waals surface area contributed by atoms with Gasteiger partial charge in [0.2, 0.25) is 5.28 Å². The lowest BCUT2D eigenvalue weighted by Gasteiger charge is -2.09. The van der Waals surface area contributed by atoms with Crippen LogP contribution in [0.1, 0.15) is 19.2 Å². The largest absolute Gasteiger partial charge is 0.302 e. The van der Waals surface area contributed by atoms with E-state index in [2.05, 4.69) is 10.2 Å². The average Bonchev–Trinajstić information content (AvgIpc) is 2.43. The molecule has 2 unspecified atom stereocenters. The quantitative estimate of drug-likeness (QED) is 0.793. The predicted molar refractivity (Wildman–Crippen MR) is 57.9 cm³/mol. The van der Waals surface area contributed by atoms with Crippen molar-refractivity contribution in [3.8, 4) is 0 Å². The van der Waals surface area contributed by atoms with Crippen LogP contribution in [-0.4, -0.2) is 30.5 Å². The fourth-order valence-corrected chi connectivity index (χ4v) is 1.77. The highest BCUT2D eigenvalue weighted by Gasteiger charge is 2.10. The molecule has 0 aliphatic rings. The van der Waals surface area contributed by atoms with Crippen molar-refractivity contribution in [2.75, 3.05) is 6.26 Å². The van der Waals surface area contributed by atoms with Gasteiger partial charge < -0.3 is 4.57 Å². The van der Waals surface area contributed by atoms with Crippen molar-refractivity contribution in [2.24, 2.45) is 0 Å². The highest BCUT2D eigenvalue weighted by atomic mass is 35.5. The van der Waals surface area contributed by atoms with Gasteiger partial charge in [-0.25, -0.2) is 0 Å². The van der Waals surface area contributed by atoms with Gasteiger partial charge in [-0.15, -0.1) is 10.2 Å². The second-order valence-electron chi connectivity index (χ2n) is 3.27. The van der Waals surface area contributed by atoms with E-state index in [0.29, 0.717) is 5.28 Å². The first-order chi connectivity index (χ1) is 6.52. The fourth-order valence-electron chi connectivity index (χ4n) is 1.09. The molecule has 80 valence electrons. The SMILES string of the molecule is Cc1nnc(Cl)n1CCC(C)S(C)=O. The molecule has 0 aliphatic heterocycles. The minimum absolute atomic E-state index is 0.174. The van der Waals surface area contributed by atoms with Gasteiger partial charge in [0, 0.05) is 28.9 Å². The van der Waals surface area contributed by atoms with Gasteiger partial charge in [-0.2, -0.15) is 0 Å². The Hall–Kier alpha value is -0.420. The van der Waals surface area contributed by atoms with E-state index in [1.54, 1.807) is 6.26 Å². The molecule has 14 heavy (non-hydrogen) atoms. The van der Waals surface area contributed by atoms with Gasteiger partial charge >= 0.3 is 0 Å². The standard InChI is InChI=1S/C8H14ClN3OS/c1-6(14(3)13)4-5-12-7(2)10-11-8(12)9/h6H,4-5H2,1-3H3. The van der Waals surface area contributed by atoms with Crippen LogP contribution in [0.4, 0.5) is 0 Å². The van der Waals surface area contributed by atoms with Crippen LogP contribution in [0.5, 0.6) is 0 Å². The smallest absolute Gasteiger partial charge is 0.225 e. The molecule has 6 heteroatoms. The van der Waals surface area contributed by atoms with Crippen LogP contribution in [0.25, 0.3) is 0 Å². The van der Waals surface area contributed by atoms with Crippen molar-refractivity contribution in [2.45, 2.75) is 32.1 Å². The van der Waals surface area contributed by atoms with Gasteiger partial charge in [-0.05, 0) is 24.9 Å². The Balaban J connectivity index is 2.57. The summed E-state index contributed by atoms with van der Waals surface area (Å²) in [6, 6.07) is 0. The molecule has 0 amide bonds. The van der Waals surface area contributed by atoms with Gasteiger partial charge in [-0.1, -0.05) is 6.92 Å². The number of rotatable bonds is 4. The predicted octanol–water partition coefficient (Wildman–Crippen LogP) is 1.40. The maximum atomic E-state index is 11.1. The zero-order chi connectivity index (χ0) is 10.7. The number of halogens is 1. The van der Waals surface area contributed by atoms with E-state index in [0.717, 1.165) is 18.8 Å². The summed E-state index contributed by atoms with van der Waals surface area (Å²) in [7, 11) is -0.782. The Bertz CT molecular complexity index is 320. The minimum Gasteiger partial charge on any atom is -0.302 e. The second-order valence-corrected chi connectivity index (χ2v) is 5.41. The molecule has 1 aromatic heterocycles. The molecule has 0 saturated heterocycles. The molecule has 2 atom stereocenters. The molecule has 0 aromatic carbocycles. The highest BCUT2D eigenvalue weighted by Crippen LogP contribution is 2.10. The summed E-state index contributed by atoms with van der Waals surface area (Å²) in [4.78, 5) is 0. The molecule has 0 spiro atoms. The van der Waals surface area contributed by atoms with Crippen molar-refractivity contribution in [1.29, 1.82) is 0 Å². The normalized spacial score (nSPS) is 15.4. The molecular weight excluding hydrogens is 222 g/mol. The van der Waals surface area contributed by atoms with Crippen molar-refractivity contribution in [3.63, 3.8) is 0 Å². The molecule has 0 aliphatic carbocycles. The van der Waals surface area contributed by atoms with Crippen LogP contribution in [0.15, 0.2) is 0 Å². The Labute approximate surface area is 91.1 Å². The molecule has 0 N–H and O–H groups in total. The first kappa shape index (κ1) is 11.7. The van der Waals surface area contributed by atoms with Crippen LogP contribution >= 0.6 is 11.6 Å². The second kappa shape index (κ2) is 4.89. The maximum Gasteiger partial charge on any atom is 0.225 e. The van der Waals surface area contributed by atoms with Gasteiger partial charge in [0.1, 0.15) is 5.82 Å². The van der Waals surface area contributed by atoms with Gasteiger partial charge in [-0.3, -0.25) is 4.21 Å². The van der Waals surface area contributed by atoms with Gasteiger partial charge in [0.05, 0.1) is 0 Å². The first-order valence-electron chi connectivity index (χ1n) is 4.40. The molecule has 0 radical (unpaired) electrons. The van der Waals surface area contributed by atoms with E-state index in [4.69, 9.17) is 11.6 Å². The first-order valence-corrected chi connectivity index (χ1v) is 6.40. The van der Waals surface area contributed by atoms with E-state index in [9.17, 15) is 4.21 Å². The van der Waals surface area contributed by atoms with E-state index >= 15 is 0 Å². The third-order valence-electron chi connectivity index (χ3n) is 2.22. The topological polar surface area (TPSA) is 47.8 Å². The summed E-state index contributed by atoms with van der Waals surface area (Å²) in [6.45, 7) is 4.54. The third kappa shape index (κ3) is 2.78. The zero-order valence-corrected chi connectivity index (χ0v) is 10.1. The Morgan fingerprint density at radius 3 is 2.64 bits per heavy atom. The molecule has 4 nitrogen and oxygen atoms in total. The van der Waals surface area contributed by atoms with Crippen LogP contribution < -0.4 is 0 Å². The summed E-state index contributed by atoms with van der Waals surface area (Å²) in [6.07, 6.45) is 2.53. The number of nitrogens with zero attached hydrogens (tertiary/aromatic N) is 3. The molecule has 0 bridgehead atoms. The van der Waals surface area contributed by atoms with Crippen molar-refractivity contribution in [3.05, 3.63) is 11.1 Å². The van der Waals surface area contributed by atoms with Crippen LogP contribution in [-0.2, 0) is 17.3 Å². The molecule has 0 fully saturated rings. The number of hydrogen-bond donors (Lipinski definition) is 0. The van der Waals surface area contributed by atoms with E-state index in [-0.39, 0.29) is 5.25 Å². The summed E-state index contributed by atoms with van der Waals surface area (Å²) < 4.78 is 12.9. The van der Waals surface area contributed by atoms with Crippen LogP contribution in [0, 0.1) is 6.92 Å². The molecule has 1 aromatic rings. The third-order valence-corrected chi connectivity index (χ3v) is 3.87. The summed E-state index contributed by atoms with van der Waals surface area (Å²) >= 11 is 5.82. The van der Waals surface area contributed by atoms with E-state index in [1.165, 1.54) is 0 Å². The maximum absolute atomic E-state index is 11.1. The zero-order valence-electron chi connectivity index (χ0n) is 8.53. The monoisotopic (exact) mass is 235 g/mol. The fraction of sp³-hybridized carbons (Fsp3) is 0.750.